The van der Waals surface area contributed by atoms with E-state index in [0.717, 1.165) is 34.7 Å². The molecule has 0 amide bonds. The summed E-state index contributed by atoms with van der Waals surface area (Å²) in [5.74, 6) is 0.503. The highest BCUT2D eigenvalue weighted by atomic mass is 35.5. The Morgan fingerprint density at radius 2 is 1.40 bits per heavy atom. The highest BCUT2D eigenvalue weighted by molar-refractivity contribution is 7.16. The average Bonchev–Trinajstić information content (AvgIpc) is 3.76. The Kier molecular flexibility index (Phi) is 16.7. The summed E-state index contributed by atoms with van der Waals surface area (Å²) in [5.41, 5.74) is 4.32. The predicted octanol–water partition coefficient (Wildman–Crippen LogP) is 10.9. The summed E-state index contributed by atoms with van der Waals surface area (Å²) < 4.78 is 1.85. The molecule has 0 N–H and O–H groups in total. The van der Waals surface area contributed by atoms with Gasteiger partial charge in [0.05, 0.1) is 8.67 Å². The number of fused-ring (bicyclic) bond motifs is 2. The molecule has 214 valence electrons. The molecule has 6 rings (SSSR count). The summed E-state index contributed by atoms with van der Waals surface area (Å²) in [4.78, 5) is 7.57. The standard InChI is InChI=1S/C12H12ClNS2.C8H10ClNS.C4H4S.2C4H6/c1-14-5-10(8-2-3-15-7-8)9-4-12(13)16-11(9)6-14;1-10-3-2-6-4-8(9)11-7(6)5-10;1-2-4-5-3-1;2*1-3-4-2/h2-4,7,10H,5-6H2,1H3;4H,2-3,5H2,1H3;1-4H;2*3-4H,1-2H2. The van der Waals surface area contributed by atoms with Crippen LogP contribution >= 0.6 is 68.5 Å². The molecule has 2 aliphatic rings. The summed E-state index contributed by atoms with van der Waals surface area (Å²) in [6.07, 6.45) is 7.72. The van der Waals surface area contributed by atoms with E-state index >= 15 is 0 Å². The third-order valence-electron chi connectivity index (χ3n) is 5.84. The van der Waals surface area contributed by atoms with E-state index in [1.807, 2.05) is 22.9 Å². The summed E-state index contributed by atoms with van der Waals surface area (Å²) in [5, 5.41) is 8.48. The third-order valence-corrected chi connectivity index (χ3v) is 9.73. The molecule has 8 heteroatoms. The molecule has 0 aromatic carbocycles. The number of hydrogen-bond acceptors (Lipinski definition) is 6. The first-order valence-electron chi connectivity index (χ1n) is 12.7. The molecule has 2 nitrogen and oxygen atoms in total. The van der Waals surface area contributed by atoms with Gasteiger partial charge in [-0.15, -0.1) is 22.7 Å². The Balaban J connectivity index is 0.000000201. The maximum atomic E-state index is 6.13. The maximum Gasteiger partial charge on any atom is 0.0934 e. The Morgan fingerprint density at radius 3 is 1.95 bits per heavy atom. The molecular formula is C32H38Cl2N2S4. The Labute approximate surface area is 266 Å². The van der Waals surface area contributed by atoms with Crippen molar-refractivity contribution < 1.29 is 0 Å². The van der Waals surface area contributed by atoms with Crippen molar-refractivity contribution in [1.82, 2.24) is 9.80 Å². The van der Waals surface area contributed by atoms with Crippen LogP contribution in [0.3, 0.4) is 0 Å². The summed E-state index contributed by atoms with van der Waals surface area (Å²) >= 11 is 18.9. The second-order valence-corrected chi connectivity index (χ2v) is 14.1. The minimum Gasteiger partial charge on any atom is -0.301 e. The number of hydrogen-bond donors (Lipinski definition) is 0. The fourth-order valence-electron chi connectivity index (χ4n) is 3.94. The highest BCUT2D eigenvalue weighted by Crippen LogP contribution is 2.40. The first-order chi connectivity index (χ1) is 19.3. The van der Waals surface area contributed by atoms with Crippen LogP contribution in [-0.4, -0.2) is 37.0 Å². The van der Waals surface area contributed by atoms with Gasteiger partial charge in [0.2, 0.25) is 0 Å². The van der Waals surface area contributed by atoms with Crippen LogP contribution in [0.2, 0.25) is 8.67 Å². The maximum absolute atomic E-state index is 6.13. The number of thiophene rings is 4. The van der Waals surface area contributed by atoms with E-state index in [1.54, 1.807) is 69.7 Å². The quantitative estimate of drug-likeness (QED) is 0.204. The molecule has 0 bridgehead atoms. The van der Waals surface area contributed by atoms with Crippen LogP contribution in [0.15, 0.2) is 102 Å². The molecule has 0 saturated heterocycles. The number of allylic oxidation sites excluding steroid dienone is 4. The predicted molar refractivity (Wildman–Crippen MR) is 186 cm³/mol. The molecule has 1 atom stereocenters. The molecule has 0 saturated carbocycles. The number of rotatable bonds is 3. The smallest absolute Gasteiger partial charge is 0.0934 e. The molecule has 0 fully saturated rings. The molecule has 2 aliphatic heterocycles. The van der Waals surface area contributed by atoms with Crippen LogP contribution in [0, 0.1) is 0 Å². The van der Waals surface area contributed by atoms with Gasteiger partial charge < -0.3 is 9.80 Å². The fourth-order valence-corrected chi connectivity index (χ4v) is 7.96. The Hall–Kier alpha value is -1.74. The van der Waals surface area contributed by atoms with Gasteiger partial charge in [-0.2, -0.15) is 22.7 Å². The molecule has 4 aromatic rings. The Morgan fingerprint density at radius 1 is 0.800 bits per heavy atom. The topological polar surface area (TPSA) is 6.48 Å². The molecule has 4 aromatic heterocycles. The molecule has 6 heterocycles. The van der Waals surface area contributed by atoms with E-state index in [9.17, 15) is 0 Å². The minimum atomic E-state index is 0.503. The summed E-state index contributed by atoms with van der Waals surface area (Å²) in [7, 11) is 4.33. The second-order valence-electron chi connectivity index (χ2n) is 8.96. The van der Waals surface area contributed by atoms with E-state index in [2.05, 4.69) is 79.2 Å². The lowest BCUT2D eigenvalue weighted by Crippen LogP contribution is -2.29. The SMILES string of the molecule is C=CC=C.C=CC=C.CN1CCc2cc(Cl)sc2C1.CN1Cc2sc(Cl)cc2C(c2ccsc2)C1.c1ccsc1. The first kappa shape index (κ1) is 34.5. The first-order valence-corrected chi connectivity index (χ1v) is 17.0. The van der Waals surface area contributed by atoms with Crippen molar-refractivity contribution in [2.45, 2.75) is 25.4 Å². The molecule has 0 spiro atoms. The second kappa shape index (κ2) is 19.4. The zero-order valence-corrected chi connectivity index (χ0v) is 28.0. The summed E-state index contributed by atoms with van der Waals surface area (Å²) in [6, 6.07) is 10.5. The molecule has 40 heavy (non-hydrogen) atoms. The van der Waals surface area contributed by atoms with E-state index in [4.69, 9.17) is 23.2 Å². The summed E-state index contributed by atoms with van der Waals surface area (Å²) in [6.45, 7) is 17.8. The Bertz CT molecular complexity index is 1230. The van der Waals surface area contributed by atoms with Crippen molar-refractivity contribution >= 4 is 68.5 Å². The van der Waals surface area contributed by atoms with Crippen molar-refractivity contribution in [1.29, 1.82) is 0 Å². The van der Waals surface area contributed by atoms with Gasteiger partial charge >= 0.3 is 0 Å². The molecule has 1 unspecified atom stereocenters. The van der Waals surface area contributed by atoms with Crippen LogP contribution in [0.1, 0.15) is 32.4 Å². The van der Waals surface area contributed by atoms with Gasteiger partial charge in [-0.1, -0.05) is 86.0 Å². The van der Waals surface area contributed by atoms with Crippen molar-refractivity contribution in [3.8, 4) is 0 Å². The van der Waals surface area contributed by atoms with Gasteiger partial charge in [-0.25, -0.2) is 0 Å². The van der Waals surface area contributed by atoms with Crippen LogP contribution in [0.4, 0.5) is 0 Å². The van der Waals surface area contributed by atoms with Crippen molar-refractivity contribution in [2.75, 3.05) is 27.2 Å². The molecule has 0 radical (unpaired) electrons. The van der Waals surface area contributed by atoms with Crippen LogP contribution < -0.4 is 0 Å². The van der Waals surface area contributed by atoms with Crippen molar-refractivity contribution in [3.63, 3.8) is 0 Å². The zero-order valence-electron chi connectivity index (χ0n) is 23.2. The lowest BCUT2D eigenvalue weighted by Gasteiger charge is -2.29. The van der Waals surface area contributed by atoms with Gasteiger partial charge in [0.15, 0.2) is 0 Å². The third kappa shape index (κ3) is 12.0. The van der Waals surface area contributed by atoms with Crippen LogP contribution in [0.5, 0.6) is 0 Å². The normalized spacial score (nSPS) is 15.4. The number of nitrogens with zero attached hydrogens (tertiary/aromatic N) is 2. The average molecular weight is 650 g/mol. The highest BCUT2D eigenvalue weighted by Gasteiger charge is 2.27. The molecular weight excluding hydrogens is 612 g/mol. The lowest BCUT2D eigenvalue weighted by atomic mass is 9.90. The van der Waals surface area contributed by atoms with Crippen molar-refractivity contribution in [3.05, 3.63) is 138 Å². The van der Waals surface area contributed by atoms with E-state index < -0.39 is 0 Å². The van der Waals surface area contributed by atoms with Gasteiger partial charge in [0, 0.05) is 41.9 Å². The number of halogens is 2. The van der Waals surface area contributed by atoms with Crippen molar-refractivity contribution in [2.24, 2.45) is 0 Å². The number of likely N-dealkylation sites (N-methyl/N-ethyl adjacent to an activating group) is 2. The fraction of sp³-hybridized carbons (Fsp3) is 0.250. The van der Waals surface area contributed by atoms with Crippen LogP contribution in [0.25, 0.3) is 0 Å². The zero-order chi connectivity index (χ0) is 29.3. The molecule has 0 aliphatic carbocycles. The largest absolute Gasteiger partial charge is 0.301 e. The van der Waals surface area contributed by atoms with Gasteiger partial charge in [-0.3, -0.25) is 0 Å². The lowest BCUT2D eigenvalue weighted by molar-refractivity contribution is 0.299. The van der Waals surface area contributed by atoms with Crippen LogP contribution in [-0.2, 0) is 19.5 Å². The van der Waals surface area contributed by atoms with Gasteiger partial charge in [0.25, 0.3) is 0 Å². The van der Waals surface area contributed by atoms with E-state index in [1.165, 1.54) is 33.0 Å². The van der Waals surface area contributed by atoms with Gasteiger partial charge in [0.1, 0.15) is 0 Å². The van der Waals surface area contributed by atoms with E-state index in [-0.39, 0.29) is 0 Å². The van der Waals surface area contributed by atoms with E-state index in [0.29, 0.717) is 5.92 Å². The minimum absolute atomic E-state index is 0.503. The van der Waals surface area contributed by atoms with Gasteiger partial charge in [-0.05, 0) is 76.9 Å². The monoisotopic (exact) mass is 648 g/mol.